The van der Waals surface area contributed by atoms with Gasteiger partial charge in [0.2, 0.25) is 0 Å². The van der Waals surface area contributed by atoms with Crippen LogP contribution in [-0.4, -0.2) is 23.5 Å². The fraction of sp³-hybridized carbons (Fsp3) is 0.0370. The number of allylic oxidation sites excluding steroid dienone is 2. The van der Waals surface area contributed by atoms with Gasteiger partial charge in [0.25, 0.3) is 0 Å². The van der Waals surface area contributed by atoms with Gasteiger partial charge in [0.15, 0.2) is 6.17 Å². The molecule has 7 aromatic carbocycles. The van der Waals surface area contributed by atoms with Crippen molar-refractivity contribution in [3.05, 3.63) is 245 Å². The Morgan fingerprint density at radius 2 is 0.950 bits per heavy atom. The smallest absolute Gasteiger partial charge is 0.170 e. The molecule has 6 heteroatoms. The number of nitriles is 1. The van der Waals surface area contributed by atoms with Crippen molar-refractivity contribution in [3.63, 3.8) is 0 Å². The van der Waals surface area contributed by atoms with Gasteiger partial charge >= 0.3 is 0 Å². The second-order valence-electron chi connectivity index (χ2n) is 14.7. The van der Waals surface area contributed by atoms with Crippen molar-refractivity contribution in [2.45, 2.75) is 12.2 Å². The molecule has 284 valence electrons. The monoisotopic (exact) mass is 770 g/mol. The summed E-state index contributed by atoms with van der Waals surface area (Å²) in [7, 11) is 0. The van der Waals surface area contributed by atoms with Crippen LogP contribution in [0.3, 0.4) is 0 Å². The van der Waals surface area contributed by atoms with Crippen LogP contribution in [0.2, 0.25) is 0 Å². The van der Waals surface area contributed by atoms with E-state index < -0.39 is 6.17 Å². The lowest BCUT2D eigenvalue weighted by Gasteiger charge is -2.28. The zero-order chi connectivity index (χ0) is 40.3. The number of nitrogens with one attached hydrogen (secondary N) is 2. The van der Waals surface area contributed by atoms with E-state index in [0.29, 0.717) is 11.4 Å². The molecule has 0 amide bonds. The molecule has 0 saturated carbocycles. The molecule has 0 spiro atoms. The van der Waals surface area contributed by atoms with Crippen LogP contribution in [0, 0.1) is 11.3 Å². The highest BCUT2D eigenvalue weighted by Crippen LogP contribution is 2.42. The number of hydrogen-bond acceptors (Lipinski definition) is 6. The molecule has 1 aliphatic carbocycles. The van der Waals surface area contributed by atoms with Gasteiger partial charge in [-0.05, 0) is 45.5 Å². The van der Waals surface area contributed by atoms with Crippen LogP contribution < -0.4 is 10.6 Å². The van der Waals surface area contributed by atoms with E-state index in [-0.39, 0.29) is 6.04 Å². The number of rotatable bonds is 8. The summed E-state index contributed by atoms with van der Waals surface area (Å²) < 4.78 is 0. The summed E-state index contributed by atoms with van der Waals surface area (Å²) in [5.41, 5.74) is 13.9. The maximum absolute atomic E-state index is 9.90. The third-order valence-electron chi connectivity index (χ3n) is 11.1. The number of fused-ring (bicyclic) bond motifs is 1. The highest BCUT2D eigenvalue weighted by atomic mass is 15.2. The molecule has 0 radical (unpaired) electrons. The molecule has 2 heterocycles. The minimum Gasteiger partial charge on any atom is -0.339 e. The molecule has 2 aliphatic heterocycles. The van der Waals surface area contributed by atoms with Gasteiger partial charge in [0.1, 0.15) is 17.5 Å². The lowest BCUT2D eigenvalue weighted by molar-refractivity contribution is 0.757. The molecule has 60 heavy (non-hydrogen) atoms. The standard InChI is InChI=1S/C54H38N6/c55-35-40-22-7-8-25-41(40)38-23-17-24-39(34-38)53-58-52(37-20-5-2-6-21-37)59-54(60-53)47-31-14-12-29-45(47)43-27-10-9-26-42(43)44-28-11-13-30-46(44)50-48-32-15-16-33-49(48)56-51(57-50)36-18-3-1-4-19-36/h1-34,49,54H,(H,56,57)(H,58,59,60). The number of nitrogens with zero attached hydrogens (tertiary/aromatic N) is 4. The maximum Gasteiger partial charge on any atom is 0.170 e. The van der Waals surface area contributed by atoms with Crippen LogP contribution in [0.15, 0.2) is 227 Å². The van der Waals surface area contributed by atoms with E-state index in [0.717, 1.165) is 84.1 Å². The third-order valence-corrected chi connectivity index (χ3v) is 11.1. The molecule has 0 bridgehead atoms. The van der Waals surface area contributed by atoms with Gasteiger partial charge in [0, 0.05) is 33.4 Å². The fourth-order valence-electron chi connectivity index (χ4n) is 8.20. The summed E-state index contributed by atoms with van der Waals surface area (Å²) in [4.78, 5) is 15.8. The third kappa shape index (κ3) is 6.95. The summed E-state index contributed by atoms with van der Waals surface area (Å²) in [5.74, 6) is 2.29. The van der Waals surface area contributed by atoms with Gasteiger partial charge in [-0.1, -0.05) is 194 Å². The topological polar surface area (TPSA) is 84.9 Å². The average Bonchev–Trinajstić information content (AvgIpc) is 3.34. The lowest BCUT2D eigenvalue weighted by atomic mass is 9.86. The first-order valence-electron chi connectivity index (χ1n) is 20.1. The molecule has 2 unspecified atom stereocenters. The summed E-state index contributed by atoms with van der Waals surface area (Å²) >= 11 is 0. The van der Waals surface area contributed by atoms with Crippen LogP contribution >= 0.6 is 0 Å². The maximum atomic E-state index is 9.90. The number of amidine groups is 3. The SMILES string of the molecule is N#Cc1ccccc1-c1cccc(C2=NC(c3ccccc3-c3ccccc3-c3ccccc3C3=C4C=CC=CC4N=C(c4ccccc4)N3)N=C(c3ccccc3)N2)c1. The Bertz CT molecular complexity index is 3000. The minimum absolute atomic E-state index is 0.101. The normalized spacial score (nSPS) is 16.7. The molecular weight excluding hydrogens is 733 g/mol. The molecule has 0 saturated heterocycles. The van der Waals surface area contributed by atoms with Crippen LogP contribution in [0.4, 0.5) is 0 Å². The summed E-state index contributed by atoms with van der Waals surface area (Å²) in [6, 6.07) is 64.3. The summed E-state index contributed by atoms with van der Waals surface area (Å²) in [6.45, 7) is 0. The van der Waals surface area contributed by atoms with E-state index >= 15 is 0 Å². The molecule has 10 rings (SSSR count). The summed E-state index contributed by atoms with van der Waals surface area (Å²) in [5, 5.41) is 17.2. The van der Waals surface area contributed by atoms with Gasteiger partial charge in [0.05, 0.1) is 23.4 Å². The Balaban J connectivity index is 1.09. The van der Waals surface area contributed by atoms with E-state index in [4.69, 9.17) is 15.0 Å². The van der Waals surface area contributed by atoms with Gasteiger partial charge in [-0.3, -0.25) is 4.99 Å². The first kappa shape index (κ1) is 36.2. The highest BCUT2D eigenvalue weighted by Gasteiger charge is 2.28. The molecule has 2 N–H and O–H groups in total. The molecule has 0 aromatic heterocycles. The molecule has 3 aliphatic rings. The van der Waals surface area contributed by atoms with E-state index in [1.54, 1.807) is 0 Å². The second-order valence-corrected chi connectivity index (χ2v) is 14.7. The van der Waals surface area contributed by atoms with Crippen molar-refractivity contribution in [1.29, 1.82) is 5.26 Å². The predicted octanol–water partition coefficient (Wildman–Crippen LogP) is 11.3. The second kappa shape index (κ2) is 16.0. The molecular formula is C54H38N6. The van der Waals surface area contributed by atoms with Gasteiger partial charge in [-0.25, -0.2) is 9.98 Å². The Hall–Kier alpha value is -8.14. The zero-order valence-corrected chi connectivity index (χ0v) is 32.6. The fourth-order valence-corrected chi connectivity index (χ4v) is 8.20. The largest absolute Gasteiger partial charge is 0.339 e. The highest BCUT2D eigenvalue weighted by molar-refractivity contribution is 6.16. The Morgan fingerprint density at radius 1 is 0.433 bits per heavy atom. The Labute approximate surface area is 349 Å². The van der Waals surface area contributed by atoms with Gasteiger partial charge in [-0.15, -0.1) is 0 Å². The Kier molecular flexibility index (Phi) is 9.67. The van der Waals surface area contributed by atoms with Gasteiger partial charge in [-0.2, -0.15) is 5.26 Å². The molecule has 7 aromatic rings. The van der Waals surface area contributed by atoms with Crippen molar-refractivity contribution in [3.8, 4) is 39.4 Å². The number of hydrogen-bond donors (Lipinski definition) is 2. The van der Waals surface area contributed by atoms with E-state index in [1.165, 1.54) is 0 Å². The molecule has 6 nitrogen and oxygen atoms in total. The first-order valence-corrected chi connectivity index (χ1v) is 20.1. The van der Waals surface area contributed by atoms with E-state index in [1.807, 2.05) is 72.8 Å². The zero-order valence-electron chi connectivity index (χ0n) is 32.6. The summed E-state index contributed by atoms with van der Waals surface area (Å²) in [6.07, 6.45) is 7.93. The van der Waals surface area contributed by atoms with Crippen molar-refractivity contribution < 1.29 is 0 Å². The van der Waals surface area contributed by atoms with Crippen molar-refractivity contribution >= 4 is 23.2 Å². The quantitative estimate of drug-likeness (QED) is 0.161. The van der Waals surface area contributed by atoms with Crippen molar-refractivity contribution in [2.24, 2.45) is 15.0 Å². The lowest BCUT2D eigenvalue weighted by Crippen LogP contribution is -2.36. The van der Waals surface area contributed by atoms with Crippen LogP contribution in [-0.2, 0) is 0 Å². The number of benzene rings is 7. The number of aliphatic imine (C=N–C) groups is 3. The van der Waals surface area contributed by atoms with Crippen LogP contribution in [0.25, 0.3) is 39.1 Å². The van der Waals surface area contributed by atoms with E-state index in [9.17, 15) is 5.26 Å². The van der Waals surface area contributed by atoms with Crippen LogP contribution in [0.1, 0.15) is 39.5 Å². The van der Waals surface area contributed by atoms with Crippen LogP contribution in [0.5, 0.6) is 0 Å². The average molecular weight is 771 g/mol. The molecule has 2 atom stereocenters. The predicted molar refractivity (Wildman–Crippen MR) is 244 cm³/mol. The Morgan fingerprint density at radius 3 is 1.65 bits per heavy atom. The molecule has 0 fully saturated rings. The van der Waals surface area contributed by atoms with Gasteiger partial charge < -0.3 is 10.6 Å². The van der Waals surface area contributed by atoms with E-state index in [2.05, 4.69) is 150 Å². The minimum atomic E-state index is -0.555. The first-order chi connectivity index (χ1) is 29.7. The van der Waals surface area contributed by atoms with Crippen molar-refractivity contribution in [2.75, 3.05) is 0 Å². The van der Waals surface area contributed by atoms with Crippen molar-refractivity contribution in [1.82, 2.24) is 10.6 Å².